The molecule has 0 spiro atoms. The molecule has 7 heteroatoms. The maximum absolute atomic E-state index is 10.4. The summed E-state index contributed by atoms with van der Waals surface area (Å²) in [5, 5.41) is 13.7. The van der Waals surface area contributed by atoms with Crippen molar-refractivity contribution in [3.8, 4) is 0 Å². The van der Waals surface area contributed by atoms with E-state index < -0.39 is 6.10 Å². The summed E-state index contributed by atoms with van der Waals surface area (Å²) in [5.41, 5.74) is 12.6. The Balaban J connectivity index is 1.50. The highest BCUT2D eigenvalue weighted by molar-refractivity contribution is 6.30. The number of alkyl halides is 2. The van der Waals surface area contributed by atoms with Crippen LogP contribution in [0.5, 0.6) is 0 Å². The predicted octanol–water partition coefficient (Wildman–Crippen LogP) is 1.40. The van der Waals surface area contributed by atoms with Crippen molar-refractivity contribution in [1.29, 1.82) is 0 Å². The molecule has 3 fully saturated rings. The minimum absolute atomic E-state index is 0.00846. The second-order valence-corrected chi connectivity index (χ2v) is 9.03. The Morgan fingerprint density at radius 2 is 1.71 bits per heavy atom. The van der Waals surface area contributed by atoms with Gasteiger partial charge in [-0.25, -0.2) is 0 Å². The van der Waals surface area contributed by atoms with Crippen LogP contribution in [0.25, 0.3) is 0 Å². The van der Waals surface area contributed by atoms with E-state index in [1.165, 1.54) is 12.8 Å². The van der Waals surface area contributed by atoms with Gasteiger partial charge in [-0.05, 0) is 64.0 Å². The number of nitrogens with one attached hydrogen (secondary N) is 1. The number of aliphatic hydroxyl groups excluding tert-OH is 1. The molecule has 0 aromatic rings. The van der Waals surface area contributed by atoms with E-state index in [1.54, 1.807) is 0 Å². The summed E-state index contributed by atoms with van der Waals surface area (Å²) in [7, 11) is 0. The number of hydrogen-bond donors (Lipinski definition) is 4. The van der Waals surface area contributed by atoms with Crippen molar-refractivity contribution in [3.05, 3.63) is 0 Å². The van der Waals surface area contributed by atoms with Crippen molar-refractivity contribution in [2.24, 2.45) is 23.3 Å². The molecule has 3 rings (SSSR count). The van der Waals surface area contributed by atoms with Gasteiger partial charge < -0.3 is 16.6 Å². The highest BCUT2D eigenvalue weighted by Crippen LogP contribution is 2.37. The fourth-order valence-corrected chi connectivity index (χ4v) is 5.32. The quantitative estimate of drug-likeness (QED) is 0.557. The van der Waals surface area contributed by atoms with Crippen LogP contribution in [-0.4, -0.2) is 58.3 Å². The minimum atomic E-state index is -0.423. The largest absolute Gasteiger partial charge is 0.393 e. The van der Waals surface area contributed by atoms with Crippen LogP contribution in [0.1, 0.15) is 44.9 Å². The molecule has 1 saturated carbocycles. The average Bonchev–Trinajstić information content (AvgIpc) is 2.58. The van der Waals surface area contributed by atoms with Crippen LogP contribution in [0.3, 0.4) is 0 Å². The van der Waals surface area contributed by atoms with Crippen LogP contribution in [0, 0.1) is 11.8 Å². The van der Waals surface area contributed by atoms with Crippen molar-refractivity contribution in [3.63, 3.8) is 0 Å². The Morgan fingerprint density at radius 1 is 1.04 bits per heavy atom. The molecule has 0 bridgehead atoms. The maximum Gasteiger partial charge on any atom is 0.0608 e. The van der Waals surface area contributed by atoms with Gasteiger partial charge >= 0.3 is 0 Å². The Bertz CT molecular complexity index is 408. The first-order valence-corrected chi connectivity index (χ1v) is 10.3. The highest BCUT2D eigenvalue weighted by atomic mass is 35.5. The molecule has 0 aromatic carbocycles. The summed E-state index contributed by atoms with van der Waals surface area (Å²) < 4.78 is 0. The summed E-state index contributed by atoms with van der Waals surface area (Å²) >= 11 is 12.5. The molecule has 6 N–H and O–H groups in total. The van der Waals surface area contributed by atoms with E-state index in [-0.39, 0.29) is 28.9 Å². The zero-order valence-corrected chi connectivity index (χ0v) is 15.8. The Hall–Kier alpha value is 0.380. The molecule has 3 aliphatic rings. The molecule has 2 aliphatic heterocycles. The van der Waals surface area contributed by atoms with Gasteiger partial charge in [0.1, 0.15) is 0 Å². The first-order chi connectivity index (χ1) is 11.5. The molecule has 2 heterocycles. The summed E-state index contributed by atoms with van der Waals surface area (Å²) in [6.45, 7) is 2.10. The third kappa shape index (κ3) is 4.37. The fraction of sp³-hybridized carbons (Fsp3) is 1.00. The van der Waals surface area contributed by atoms with E-state index in [1.807, 2.05) is 0 Å². The highest BCUT2D eigenvalue weighted by Gasteiger charge is 2.41. The van der Waals surface area contributed by atoms with Crippen LogP contribution >= 0.6 is 23.2 Å². The Kier molecular flexibility index (Phi) is 6.69. The Labute approximate surface area is 155 Å². The smallest absolute Gasteiger partial charge is 0.0608 e. The minimum Gasteiger partial charge on any atom is -0.393 e. The summed E-state index contributed by atoms with van der Waals surface area (Å²) in [5.74, 6) is 0.522. The molecular weight excluding hydrogens is 347 g/mol. The fourth-order valence-electron chi connectivity index (χ4n) is 4.73. The van der Waals surface area contributed by atoms with Gasteiger partial charge in [-0.15, -0.1) is 23.2 Å². The number of halogens is 2. The second kappa shape index (κ2) is 8.38. The molecule has 24 heavy (non-hydrogen) atoms. The number of rotatable bonds is 3. The molecule has 0 amide bonds. The van der Waals surface area contributed by atoms with Crippen LogP contribution in [0.15, 0.2) is 0 Å². The molecule has 7 atom stereocenters. The van der Waals surface area contributed by atoms with Gasteiger partial charge in [-0.1, -0.05) is 0 Å². The van der Waals surface area contributed by atoms with Crippen LogP contribution < -0.4 is 16.8 Å². The standard InChI is InChI=1S/C17H32Cl2N4O/c18-12-8-11(14(24)9-13(12)19)17(21)10-4-6-23(7-5-10)16-3-1-2-15(20)22-16/h10-17,22,24H,1-9,20-21H2/t11?,12?,13?,14?,15?,16?,17-/m1/s1. The van der Waals surface area contributed by atoms with Crippen LogP contribution in [-0.2, 0) is 0 Å². The lowest BCUT2D eigenvalue weighted by molar-refractivity contribution is 0.0245. The lowest BCUT2D eigenvalue weighted by Crippen LogP contribution is -2.58. The summed E-state index contributed by atoms with van der Waals surface area (Å²) in [6.07, 6.45) is 6.99. The van der Waals surface area contributed by atoms with Crippen LogP contribution in [0.2, 0.25) is 0 Å². The first-order valence-electron chi connectivity index (χ1n) is 9.43. The lowest BCUT2D eigenvalue weighted by atomic mass is 9.74. The van der Waals surface area contributed by atoms with Gasteiger partial charge in [-0.3, -0.25) is 10.2 Å². The Morgan fingerprint density at radius 3 is 2.38 bits per heavy atom. The number of aliphatic hydroxyl groups is 1. The normalized spacial score (nSPS) is 44.4. The third-order valence-electron chi connectivity index (χ3n) is 6.30. The van der Waals surface area contributed by atoms with E-state index in [2.05, 4.69) is 10.2 Å². The van der Waals surface area contributed by atoms with E-state index in [9.17, 15) is 5.11 Å². The van der Waals surface area contributed by atoms with Gasteiger partial charge in [-0.2, -0.15) is 0 Å². The van der Waals surface area contributed by atoms with Gasteiger partial charge in [0.15, 0.2) is 0 Å². The van der Waals surface area contributed by atoms with Crippen molar-refractivity contribution in [2.45, 2.75) is 80.2 Å². The monoisotopic (exact) mass is 378 g/mol. The number of nitrogens with zero attached hydrogens (tertiary/aromatic N) is 1. The average molecular weight is 379 g/mol. The van der Waals surface area contributed by atoms with Gasteiger partial charge in [0.25, 0.3) is 0 Å². The van der Waals surface area contributed by atoms with E-state index in [0.717, 1.165) is 38.8 Å². The zero-order chi connectivity index (χ0) is 17.3. The first kappa shape index (κ1) is 19.2. The van der Waals surface area contributed by atoms with E-state index >= 15 is 0 Å². The van der Waals surface area contributed by atoms with Gasteiger partial charge in [0.05, 0.1) is 29.2 Å². The third-order valence-corrected chi connectivity index (χ3v) is 7.40. The molecule has 0 radical (unpaired) electrons. The molecule has 2 saturated heterocycles. The van der Waals surface area contributed by atoms with Crippen molar-refractivity contribution in [2.75, 3.05) is 13.1 Å². The zero-order valence-electron chi connectivity index (χ0n) is 14.3. The molecular formula is C17H32Cl2N4O. The SMILES string of the molecule is NC1CCCC(N2CCC([C@@H](N)C3CC(Cl)C(Cl)CC3O)CC2)N1. The predicted molar refractivity (Wildman–Crippen MR) is 99.0 cm³/mol. The topological polar surface area (TPSA) is 87.5 Å². The molecule has 1 aliphatic carbocycles. The summed E-state index contributed by atoms with van der Waals surface area (Å²) in [4.78, 5) is 2.51. The number of piperidine rings is 2. The molecule has 0 aromatic heterocycles. The van der Waals surface area contributed by atoms with Crippen LogP contribution in [0.4, 0.5) is 0 Å². The van der Waals surface area contributed by atoms with Crippen molar-refractivity contribution < 1.29 is 5.11 Å². The number of likely N-dealkylation sites (tertiary alicyclic amines) is 1. The lowest BCUT2D eigenvalue weighted by Gasteiger charge is -2.45. The summed E-state index contributed by atoms with van der Waals surface area (Å²) in [6, 6.07) is 0.00846. The molecule has 5 nitrogen and oxygen atoms in total. The van der Waals surface area contributed by atoms with E-state index in [0.29, 0.717) is 18.5 Å². The van der Waals surface area contributed by atoms with Gasteiger partial charge in [0.2, 0.25) is 0 Å². The second-order valence-electron chi connectivity index (χ2n) is 7.91. The number of nitrogens with two attached hydrogens (primary N) is 2. The van der Waals surface area contributed by atoms with Crippen molar-refractivity contribution >= 4 is 23.2 Å². The molecule has 6 unspecified atom stereocenters. The number of hydrogen-bond acceptors (Lipinski definition) is 5. The van der Waals surface area contributed by atoms with E-state index in [4.69, 9.17) is 34.7 Å². The molecule has 140 valence electrons. The maximum atomic E-state index is 10.4. The van der Waals surface area contributed by atoms with Gasteiger partial charge in [0, 0.05) is 12.0 Å². The van der Waals surface area contributed by atoms with Crippen molar-refractivity contribution in [1.82, 2.24) is 10.2 Å².